The van der Waals surface area contributed by atoms with Gasteiger partial charge in [-0.25, -0.2) is 43.9 Å². The molecule has 0 aromatic carbocycles. The number of aromatic amines is 1. The van der Waals surface area contributed by atoms with Gasteiger partial charge in [-0.1, -0.05) is 15.9 Å². The van der Waals surface area contributed by atoms with Crippen LogP contribution in [0.4, 0.5) is 18.8 Å². The van der Waals surface area contributed by atoms with Gasteiger partial charge in [0.15, 0.2) is 24.3 Å². The Hall–Kier alpha value is -6.33. The third kappa shape index (κ3) is 31.6. The van der Waals surface area contributed by atoms with Crippen molar-refractivity contribution in [2.75, 3.05) is 0 Å². The van der Waals surface area contributed by atoms with Gasteiger partial charge in [0.1, 0.15) is 46.3 Å². The second-order valence-electron chi connectivity index (χ2n) is 23.7. The van der Waals surface area contributed by atoms with Gasteiger partial charge in [-0.05, 0) is 94.9 Å². The van der Waals surface area contributed by atoms with Crippen molar-refractivity contribution in [3.63, 3.8) is 0 Å². The maximum atomic E-state index is 12.6. The Bertz CT molecular complexity index is 4060. The van der Waals surface area contributed by atoms with E-state index >= 15 is 0 Å². The van der Waals surface area contributed by atoms with E-state index in [2.05, 4.69) is 55.9 Å². The molecule has 4 aromatic heterocycles. The summed E-state index contributed by atoms with van der Waals surface area (Å²) < 4.78 is 34.6. The number of nitrogens with one attached hydrogen (secondary N) is 2. The van der Waals surface area contributed by atoms with E-state index in [1.165, 1.54) is 26.2 Å². The Morgan fingerprint density at radius 2 is 0.894 bits per heavy atom. The predicted molar refractivity (Wildman–Crippen MR) is 334 cm³/mol. The molecule has 4 aliphatic rings. The second-order valence-corrected chi connectivity index (χ2v) is 24.8. The van der Waals surface area contributed by atoms with Crippen molar-refractivity contribution in [2.45, 2.75) is 167 Å². The normalized spacial score (nSPS) is 17.0. The molecule has 4 aliphatic heterocycles. The van der Waals surface area contributed by atoms with E-state index in [-0.39, 0.29) is 265 Å². The maximum Gasteiger partial charge on any atom is 1.00 e. The number of rotatable bonds is 9. The number of likely N-dealkylation sites (tertiary alicyclic amines) is 3. The molecule has 104 heavy (non-hydrogen) atoms. The number of hydrogen-bond acceptors (Lipinski definition) is 30. The SMILES string of the molecule is CC(=O)c1cc(=O)[nH]cn1.CC(=O)c1cc(=O)n(C2CCC(=O)N(C(=O)OC(C)(C)C)C2=O)cn1.CC(C)(C)OC(=O)N1C(=O)CCC(Br)C1=O.CC(C)(C)OC(=O)N1C(=O)CCC(n2cnc(C(=O)O)cc2=O)C1=O.O=C1CCC(n2cnc(C(=O)O)cc2=O)C(=O)N1.[2H]C(=O)OO[CH-]F.[Cs+].[Cs+].[Na+].[OH-]. The number of alkyl halides is 1. The number of nitrogens with zero attached hydrogens (tertiary/aromatic N) is 10. The summed E-state index contributed by atoms with van der Waals surface area (Å²) in [6.45, 7) is 16.9. The number of piperidine rings is 4. The number of ether oxygens (including phenoxy) is 3. The van der Waals surface area contributed by atoms with Gasteiger partial charge in [0.05, 0.1) is 30.1 Å². The molecule has 0 saturated carbocycles. The average Bonchev–Trinajstić information content (AvgIpc) is 0.790. The minimum atomic E-state index is -1.44. The number of carboxylic acid groups (broad SMARTS) is 2. The van der Waals surface area contributed by atoms with E-state index in [4.69, 9.17) is 25.8 Å². The fourth-order valence-electron chi connectivity index (χ4n) is 8.20. The largest absolute Gasteiger partial charge is 1.00 e. The number of carbonyl (C=O) groups excluding carboxylic acids is 14. The number of carbonyl (C=O) groups is 16. The van der Waals surface area contributed by atoms with Crippen LogP contribution < -0.4 is 195 Å². The summed E-state index contributed by atoms with van der Waals surface area (Å²) in [4.78, 5) is 254. The van der Waals surface area contributed by atoms with E-state index in [0.29, 0.717) is 21.1 Å². The first-order valence-electron chi connectivity index (χ1n) is 29.5. The number of Topliss-reactive ketones (excluding diaryl/α,β-unsaturated/α-hetero) is 2. The van der Waals surface area contributed by atoms with Gasteiger partial charge in [0.2, 0.25) is 29.5 Å². The Labute approximate surface area is 737 Å². The summed E-state index contributed by atoms with van der Waals surface area (Å²) in [7, 11) is 0. The molecule has 4 fully saturated rings. The first-order chi connectivity index (χ1) is 46.7. The first-order valence-corrected chi connectivity index (χ1v) is 29.9. The quantitative estimate of drug-likeness (QED) is 0.0139. The fraction of sp³-hybridized carbons (Fsp3) is 0.441. The Morgan fingerprint density at radius 3 is 1.20 bits per heavy atom. The van der Waals surface area contributed by atoms with Crippen LogP contribution in [0.1, 0.15) is 189 Å². The van der Waals surface area contributed by atoms with Gasteiger partial charge in [0.25, 0.3) is 40.0 Å². The average molecular weight is 1780 g/mol. The molecule has 4 unspecified atom stereocenters. The molecule has 4 saturated heterocycles. The van der Waals surface area contributed by atoms with E-state index in [1.807, 2.05) is 0 Å². The van der Waals surface area contributed by atoms with Crippen LogP contribution in [0.15, 0.2) is 68.8 Å². The van der Waals surface area contributed by atoms with E-state index in [1.54, 1.807) is 62.3 Å². The van der Waals surface area contributed by atoms with Crippen LogP contribution in [0.2, 0.25) is 0 Å². The summed E-state index contributed by atoms with van der Waals surface area (Å²) in [5, 5.41) is 19.6. The molecule has 0 radical (unpaired) electrons. The van der Waals surface area contributed by atoms with Crippen LogP contribution >= 0.6 is 15.9 Å². The molecule has 40 nitrogen and oxygen atoms in total. The van der Waals surface area contributed by atoms with Crippen molar-refractivity contribution < 1.29 is 289 Å². The zero-order valence-corrected chi connectivity index (χ0v) is 74.6. The molecule has 548 valence electrons. The van der Waals surface area contributed by atoms with Crippen molar-refractivity contribution in [3.8, 4) is 0 Å². The summed E-state index contributed by atoms with van der Waals surface area (Å²) >= 11 is 3.12. The molecule has 45 heteroatoms. The zero-order chi connectivity index (χ0) is 76.9. The van der Waals surface area contributed by atoms with Gasteiger partial charge in [-0.15, -0.1) is 0 Å². The molecule has 4 aromatic rings. The van der Waals surface area contributed by atoms with Crippen molar-refractivity contribution in [1.29, 1.82) is 0 Å². The summed E-state index contributed by atoms with van der Waals surface area (Å²) in [6, 6.07) is 0.757. The van der Waals surface area contributed by atoms with E-state index in [9.17, 15) is 100 Å². The van der Waals surface area contributed by atoms with Crippen LogP contribution in [0.5, 0.6) is 0 Å². The van der Waals surface area contributed by atoms with Gasteiger partial charge in [-0.2, -0.15) is 14.7 Å². The number of imide groups is 10. The van der Waals surface area contributed by atoms with Crippen LogP contribution in [-0.4, -0.2) is 186 Å². The number of ketones is 2. The van der Waals surface area contributed by atoms with Gasteiger partial charge >= 0.3 is 204 Å². The third-order valence-electron chi connectivity index (χ3n) is 12.5. The van der Waals surface area contributed by atoms with Crippen molar-refractivity contribution in [2.24, 2.45) is 0 Å². The molecule has 4 atom stereocenters. The Morgan fingerprint density at radius 1 is 0.558 bits per heavy atom. The smallest absolute Gasteiger partial charge is 0.870 e. The molecule has 11 amide bonds. The number of halogens is 2. The predicted octanol–water partition coefficient (Wildman–Crippen LogP) is -6.62. The molecular weight excluding hydrogens is 1710 g/mol. The number of hydrogen-bond donors (Lipinski definition) is 4. The summed E-state index contributed by atoms with van der Waals surface area (Å²) in [5.41, 5.74) is -5.53. The number of amides is 11. The molecule has 0 aliphatic carbocycles. The zero-order valence-electron chi connectivity index (χ0n) is 59.4. The van der Waals surface area contributed by atoms with E-state index in [0.717, 1.165) is 50.9 Å². The summed E-state index contributed by atoms with van der Waals surface area (Å²) in [6.07, 6.45) is 0.375. The van der Waals surface area contributed by atoms with Crippen molar-refractivity contribution in [3.05, 3.63) is 121 Å². The van der Waals surface area contributed by atoms with Crippen molar-refractivity contribution in [1.82, 2.24) is 58.6 Å². The maximum absolute atomic E-state index is 12.6. The summed E-state index contributed by atoms with van der Waals surface area (Å²) in [5.74, 6) is -8.50. The number of H-pyrrole nitrogens is 1. The Balaban J connectivity index is 0. The number of aromatic nitrogens is 8. The molecule has 0 spiro atoms. The number of carboxylic acids is 2. The minimum Gasteiger partial charge on any atom is -0.870 e. The van der Waals surface area contributed by atoms with Crippen LogP contribution in [-0.2, 0) is 67.1 Å². The minimum absolute atomic E-state index is 0. The molecule has 8 rings (SSSR count). The van der Waals surface area contributed by atoms with Gasteiger partial charge < -0.3 is 49.0 Å². The number of aromatic carboxylic acids is 2. The fourth-order valence-corrected chi connectivity index (χ4v) is 8.64. The monoisotopic (exact) mass is 1780 g/mol. The van der Waals surface area contributed by atoms with Crippen LogP contribution in [0.25, 0.3) is 0 Å². The van der Waals surface area contributed by atoms with Gasteiger partial charge in [-0.3, -0.25) is 90.9 Å². The van der Waals surface area contributed by atoms with Gasteiger partial charge in [0, 0.05) is 63.8 Å². The molecule has 8 heterocycles. The third-order valence-corrected chi connectivity index (χ3v) is 13.4. The molecule has 0 bridgehead atoms. The standard InChI is InChI=1S/C16H19N3O6.C15H17N3O7.C10H14BrNO4.C10H9N3O5.C6H6N2O2.C2H2FO3.2Cs.Na.H2O/c1-9(20)10-7-13(22)18(8-17-10)11-5-6-12(21)19(14(11)23)15(24)25-16(2,3)4;1-15(2,3)25-14(24)18-10(19)5-4-9(12(18)21)17-7-16-8(13(22)23)6-11(17)20;1-10(2,3)16-9(15)12-7(13)5-4-6(11)8(12)14;14-7-2-1-6(9(16)12-7)13-4-11-5(10(17)18)3-8(13)15;1-4(9)5-2-6(10)8-3-7-5;3-1-5-6-2-4;;;;/h7-8,11H,5-6H2,1-4H3;6-7,9H,4-5H2,1-3H3,(H,22,23);6H,4-5H2,1-3H3;3-4,6H,1-2H2,(H,17,18)(H,12,14,16);2-3H,1H3,(H,7,8,10);1-2H;;;;1H2/q;;;;;-1;3*+1;/p-1/i;;;;;2D;;;;. The topological polar surface area (TPSA) is 562 Å². The Kier molecular flexibility index (Phi) is 42.6. The van der Waals surface area contributed by atoms with E-state index < -0.39 is 140 Å². The second kappa shape index (κ2) is 45.4. The molecular formula is C59H68BrCs2FN12NaO28+. The first kappa shape index (κ1) is 97.7. The van der Waals surface area contributed by atoms with Crippen molar-refractivity contribution >= 4 is 111 Å². The van der Waals surface area contributed by atoms with Crippen LogP contribution in [0, 0.1) is 6.86 Å². The molecule has 5 N–H and O–H groups in total. The van der Waals surface area contributed by atoms with Crippen LogP contribution in [0.3, 0.4) is 0 Å².